The predicted molar refractivity (Wildman–Crippen MR) is 71.1 cm³/mol. The first-order valence-corrected chi connectivity index (χ1v) is 6.75. The van der Waals surface area contributed by atoms with Crippen LogP contribution in [0.15, 0.2) is 12.3 Å². The summed E-state index contributed by atoms with van der Waals surface area (Å²) in [5, 5.41) is 1.83. The highest BCUT2D eigenvalue weighted by Crippen LogP contribution is 2.38. The molecule has 1 aromatic heterocycles. The summed E-state index contributed by atoms with van der Waals surface area (Å²) in [6.45, 7) is 1.35. The molecule has 0 radical (unpaired) electrons. The van der Waals surface area contributed by atoms with Gasteiger partial charge >= 0.3 is 12.1 Å². The fourth-order valence-corrected chi connectivity index (χ4v) is 1.96. The molecule has 1 aliphatic carbocycles. The number of hydrogen-bond donors (Lipinski definition) is 1. The molecule has 5 nitrogen and oxygen atoms in total. The number of alkyl halides is 3. The highest BCUT2D eigenvalue weighted by Gasteiger charge is 2.40. The van der Waals surface area contributed by atoms with E-state index in [2.05, 4.69) is 10.3 Å². The second-order valence-corrected chi connectivity index (χ2v) is 5.43. The zero-order chi connectivity index (χ0) is 16.5. The molecule has 120 valence electrons. The molecule has 22 heavy (non-hydrogen) atoms. The molecular formula is C13H12ClF3N2O3. The number of amides is 1. The van der Waals surface area contributed by atoms with Crippen molar-refractivity contribution in [1.29, 1.82) is 0 Å². The van der Waals surface area contributed by atoms with Gasteiger partial charge in [0.1, 0.15) is 0 Å². The van der Waals surface area contributed by atoms with Crippen LogP contribution in [0.3, 0.4) is 0 Å². The van der Waals surface area contributed by atoms with Crippen LogP contribution in [0, 0.1) is 11.8 Å². The largest absolute Gasteiger partial charge is 0.455 e. The van der Waals surface area contributed by atoms with E-state index in [9.17, 15) is 22.8 Å². The quantitative estimate of drug-likeness (QED) is 0.858. The van der Waals surface area contributed by atoms with Gasteiger partial charge in [0.15, 0.2) is 12.4 Å². The Bertz CT molecular complexity index is 607. The number of carbonyl (C=O) groups is 2. The molecule has 1 N–H and O–H groups in total. The predicted octanol–water partition coefficient (Wildman–Crippen LogP) is 2.89. The molecule has 1 fully saturated rings. The Morgan fingerprint density at radius 3 is 2.64 bits per heavy atom. The van der Waals surface area contributed by atoms with E-state index in [1.54, 1.807) is 0 Å². The second-order valence-electron chi connectivity index (χ2n) is 5.03. The standard InChI is InChI=1S/C13H12ClF3N2O3/c1-6-2-8(6)12(21)22-5-10(20)19-11-9(14)3-7(4-18-11)13(15,16)17/h3-4,6,8H,2,5H2,1H3,(H,18,19,20)/t6-,8+/m0/s1. The number of hydrogen-bond acceptors (Lipinski definition) is 4. The van der Waals surface area contributed by atoms with Crippen molar-refractivity contribution in [2.24, 2.45) is 11.8 Å². The minimum absolute atomic E-state index is 0.180. The number of nitrogens with zero attached hydrogens (tertiary/aromatic N) is 1. The summed E-state index contributed by atoms with van der Waals surface area (Å²) in [7, 11) is 0. The van der Waals surface area contributed by atoms with Crippen LogP contribution in [0.25, 0.3) is 0 Å². The molecule has 9 heteroatoms. The Kier molecular flexibility index (Phi) is 4.60. The summed E-state index contributed by atoms with van der Waals surface area (Å²) in [4.78, 5) is 26.4. The topological polar surface area (TPSA) is 68.3 Å². The number of halogens is 4. The highest BCUT2D eigenvalue weighted by atomic mass is 35.5. The molecule has 0 unspecified atom stereocenters. The lowest BCUT2D eigenvalue weighted by Crippen LogP contribution is -2.22. The number of anilines is 1. The summed E-state index contributed by atoms with van der Waals surface area (Å²) in [5.74, 6) is -1.34. The summed E-state index contributed by atoms with van der Waals surface area (Å²) in [6, 6.07) is 0.655. The molecule has 1 heterocycles. The van der Waals surface area contributed by atoms with Gasteiger partial charge < -0.3 is 10.1 Å². The van der Waals surface area contributed by atoms with Crippen molar-refractivity contribution in [2.75, 3.05) is 11.9 Å². The Labute approximate surface area is 128 Å². The van der Waals surface area contributed by atoms with E-state index >= 15 is 0 Å². The number of carbonyl (C=O) groups excluding carboxylic acids is 2. The van der Waals surface area contributed by atoms with Gasteiger partial charge in [-0.1, -0.05) is 18.5 Å². The monoisotopic (exact) mass is 336 g/mol. The van der Waals surface area contributed by atoms with Crippen LogP contribution in [-0.2, 0) is 20.5 Å². The smallest absolute Gasteiger partial charge is 0.417 e. The van der Waals surface area contributed by atoms with E-state index in [1.165, 1.54) is 0 Å². The molecule has 1 aromatic rings. The second kappa shape index (κ2) is 6.12. The summed E-state index contributed by atoms with van der Waals surface area (Å²) < 4.78 is 42.1. The average molecular weight is 337 g/mol. The lowest BCUT2D eigenvalue weighted by molar-refractivity contribution is -0.148. The fourth-order valence-electron chi connectivity index (χ4n) is 1.75. The van der Waals surface area contributed by atoms with E-state index in [0.717, 1.165) is 6.42 Å². The van der Waals surface area contributed by atoms with Gasteiger partial charge in [-0.05, 0) is 18.4 Å². The van der Waals surface area contributed by atoms with Gasteiger partial charge in [0, 0.05) is 6.20 Å². The van der Waals surface area contributed by atoms with Crippen LogP contribution >= 0.6 is 11.6 Å². The Balaban J connectivity index is 1.90. The van der Waals surface area contributed by atoms with Gasteiger partial charge in [-0.15, -0.1) is 0 Å². The normalized spacial score (nSPS) is 20.4. The molecule has 0 spiro atoms. The maximum absolute atomic E-state index is 12.4. The number of aromatic nitrogens is 1. The lowest BCUT2D eigenvalue weighted by atomic mass is 10.3. The first-order chi connectivity index (χ1) is 10.2. The molecule has 0 aromatic carbocycles. The third kappa shape index (κ3) is 4.09. The number of pyridine rings is 1. The highest BCUT2D eigenvalue weighted by molar-refractivity contribution is 6.33. The van der Waals surface area contributed by atoms with Crippen LogP contribution in [0.4, 0.5) is 19.0 Å². The number of esters is 1. The van der Waals surface area contributed by atoms with Gasteiger partial charge in [-0.2, -0.15) is 13.2 Å². The molecule has 0 aliphatic heterocycles. The third-order valence-corrected chi connectivity index (χ3v) is 3.47. The van der Waals surface area contributed by atoms with Crippen molar-refractivity contribution in [3.8, 4) is 0 Å². The van der Waals surface area contributed by atoms with Crippen molar-refractivity contribution < 1.29 is 27.5 Å². The van der Waals surface area contributed by atoms with Crippen molar-refractivity contribution in [2.45, 2.75) is 19.5 Å². The third-order valence-electron chi connectivity index (χ3n) is 3.18. The Hall–Kier alpha value is -1.83. The van der Waals surface area contributed by atoms with Gasteiger partial charge in [0.05, 0.1) is 16.5 Å². The summed E-state index contributed by atoms with van der Waals surface area (Å²) in [5.41, 5.74) is -1.02. The minimum Gasteiger partial charge on any atom is -0.455 e. The minimum atomic E-state index is -4.57. The zero-order valence-electron chi connectivity index (χ0n) is 11.4. The zero-order valence-corrected chi connectivity index (χ0v) is 12.2. The molecule has 2 atom stereocenters. The summed E-state index contributed by atoms with van der Waals surface area (Å²) >= 11 is 5.64. The number of ether oxygens (including phenoxy) is 1. The van der Waals surface area contributed by atoms with Crippen LogP contribution < -0.4 is 5.32 Å². The Morgan fingerprint density at radius 1 is 1.50 bits per heavy atom. The lowest BCUT2D eigenvalue weighted by Gasteiger charge is -2.10. The molecule has 0 bridgehead atoms. The van der Waals surface area contributed by atoms with E-state index < -0.39 is 30.2 Å². The van der Waals surface area contributed by atoms with Crippen molar-refractivity contribution in [3.05, 3.63) is 22.8 Å². The van der Waals surface area contributed by atoms with E-state index in [0.29, 0.717) is 12.3 Å². The van der Waals surface area contributed by atoms with Crippen LogP contribution in [-0.4, -0.2) is 23.5 Å². The van der Waals surface area contributed by atoms with Crippen molar-refractivity contribution >= 4 is 29.3 Å². The average Bonchev–Trinajstić information content (AvgIpc) is 3.14. The maximum Gasteiger partial charge on any atom is 0.417 e. The van der Waals surface area contributed by atoms with E-state index in [1.807, 2.05) is 6.92 Å². The van der Waals surface area contributed by atoms with Crippen LogP contribution in [0.5, 0.6) is 0 Å². The van der Waals surface area contributed by atoms with Crippen LogP contribution in [0.1, 0.15) is 18.9 Å². The first-order valence-electron chi connectivity index (χ1n) is 6.37. The Morgan fingerprint density at radius 2 is 2.14 bits per heavy atom. The SMILES string of the molecule is C[C@H]1C[C@H]1C(=O)OCC(=O)Nc1ncc(C(F)(F)F)cc1Cl. The van der Waals surface area contributed by atoms with Gasteiger partial charge in [0.2, 0.25) is 0 Å². The van der Waals surface area contributed by atoms with Gasteiger partial charge in [-0.3, -0.25) is 9.59 Å². The molecule has 1 aliphatic rings. The summed E-state index contributed by atoms with van der Waals surface area (Å²) in [6.07, 6.45) is -3.29. The molecule has 0 saturated heterocycles. The van der Waals surface area contributed by atoms with Crippen molar-refractivity contribution in [3.63, 3.8) is 0 Å². The first kappa shape index (κ1) is 16.5. The number of nitrogens with one attached hydrogen (secondary N) is 1. The molecule has 1 saturated carbocycles. The fraction of sp³-hybridized carbons (Fsp3) is 0.462. The van der Waals surface area contributed by atoms with Gasteiger partial charge in [-0.25, -0.2) is 4.98 Å². The van der Waals surface area contributed by atoms with Gasteiger partial charge in [0.25, 0.3) is 5.91 Å². The molecule has 2 rings (SSSR count). The van der Waals surface area contributed by atoms with E-state index in [4.69, 9.17) is 16.3 Å². The van der Waals surface area contributed by atoms with Crippen molar-refractivity contribution in [1.82, 2.24) is 4.98 Å². The molecule has 1 amide bonds. The maximum atomic E-state index is 12.4. The van der Waals surface area contributed by atoms with E-state index in [-0.39, 0.29) is 22.7 Å². The van der Waals surface area contributed by atoms with Crippen LogP contribution in [0.2, 0.25) is 5.02 Å². The molecular weight excluding hydrogens is 325 g/mol. The number of rotatable bonds is 4.